The number of esters is 1. The van der Waals surface area contributed by atoms with Crippen molar-refractivity contribution >= 4 is 21.9 Å². The fourth-order valence-corrected chi connectivity index (χ4v) is 3.04. The van der Waals surface area contributed by atoms with E-state index in [0.717, 1.165) is 24.8 Å². The molecule has 0 radical (unpaired) electrons. The van der Waals surface area contributed by atoms with Crippen LogP contribution in [0.5, 0.6) is 11.5 Å². The topological polar surface area (TPSA) is 55.8 Å². The van der Waals surface area contributed by atoms with Gasteiger partial charge >= 0.3 is 5.97 Å². The monoisotopic (exact) mass is 312 g/mol. The number of phenols is 1. The Morgan fingerprint density at radius 3 is 2.83 bits per heavy atom. The lowest BCUT2D eigenvalue weighted by Gasteiger charge is -2.27. The second kappa shape index (κ2) is 3.88. The molecule has 3 rings (SSSR count). The third kappa shape index (κ3) is 1.53. The average Bonchev–Trinajstić information content (AvgIpc) is 3.12. The maximum absolute atomic E-state index is 11.8. The molecular weight excluding hydrogens is 300 g/mol. The SMILES string of the molecule is COC(=O)c1c(O)c(Br)cc2c1OCCC21CC1. The first-order valence-corrected chi connectivity index (χ1v) is 6.65. The van der Waals surface area contributed by atoms with E-state index in [4.69, 9.17) is 9.47 Å². The minimum absolute atomic E-state index is 0.113. The maximum Gasteiger partial charge on any atom is 0.345 e. The van der Waals surface area contributed by atoms with Crippen LogP contribution in [0.15, 0.2) is 10.5 Å². The third-order valence-corrected chi connectivity index (χ3v) is 4.45. The number of aromatic hydroxyl groups is 1. The van der Waals surface area contributed by atoms with Crippen molar-refractivity contribution in [1.82, 2.24) is 0 Å². The summed E-state index contributed by atoms with van der Waals surface area (Å²) in [6.45, 7) is 0.581. The van der Waals surface area contributed by atoms with Gasteiger partial charge in [-0.1, -0.05) is 0 Å². The molecule has 1 aliphatic carbocycles. The smallest absolute Gasteiger partial charge is 0.345 e. The van der Waals surface area contributed by atoms with Crippen LogP contribution in [0.25, 0.3) is 0 Å². The lowest BCUT2D eigenvalue weighted by atomic mass is 9.88. The summed E-state index contributed by atoms with van der Waals surface area (Å²) in [6.07, 6.45) is 3.19. The van der Waals surface area contributed by atoms with Crippen LogP contribution in [0.3, 0.4) is 0 Å². The number of ether oxygens (including phenoxy) is 2. The minimum atomic E-state index is -0.567. The maximum atomic E-state index is 11.8. The Kier molecular flexibility index (Phi) is 2.55. The zero-order valence-electron chi connectivity index (χ0n) is 9.96. The van der Waals surface area contributed by atoms with Crippen molar-refractivity contribution in [2.45, 2.75) is 24.7 Å². The van der Waals surface area contributed by atoms with Crippen LogP contribution < -0.4 is 4.74 Å². The average molecular weight is 313 g/mol. The summed E-state index contributed by atoms with van der Waals surface area (Å²) in [5, 5.41) is 10.0. The first-order chi connectivity index (χ1) is 8.59. The van der Waals surface area contributed by atoms with Crippen molar-refractivity contribution < 1.29 is 19.4 Å². The summed E-state index contributed by atoms with van der Waals surface area (Å²) in [6, 6.07) is 1.86. The number of phenolic OH excluding ortho intramolecular Hbond substituents is 1. The van der Waals surface area contributed by atoms with E-state index in [9.17, 15) is 9.90 Å². The van der Waals surface area contributed by atoms with Crippen LogP contribution in [0.2, 0.25) is 0 Å². The lowest BCUT2D eigenvalue weighted by Crippen LogP contribution is -2.22. The summed E-state index contributed by atoms with van der Waals surface area (Å²) in [7, 11) is 1.30. The minimum Gasteiger partial charge on any atom is -0.506 e. The predicted molar refractivity (Wildman–Crippen MR) is 68.2 cm³/mol. The molecule has 1 aromatic rings. The molecule has 0 aromatic heterocycles. The Morgan fingerprint density at radius 1 is 1.50 bits per heavy atom. The number of rotatable bonds is 1. The van der Waals surface area contributed by atoms with Crippen molar-refractivity contribution in [3.05, 3.63) is 21.7 Å². The molecule has 2 aliphatic rings. The summed E-state index contributed by atoms with van der Waals surface area (Å²) in [4.78, 5) is 11.8. The van der Waals surface area contributed by atoms with E-state index in [-0.39, 0.29) is 16.7 Å². The number of halogens is 1. The van der Waals surface area contributed by atoms with Gasteiger partial charge in [0, 0.05) is 11.0 Å². The molecule has 1 fully saturated rings. The van der Waals surface area contributed by atoms with E-state index >= 15 is 0 Å². The third-order valence-electron chi connectivity index (χ3n) is 3.85. The second-order valence-corrected chi connectivity index (χ2v) is 5.68. The standard InChI is InChI=1S/C13H13BrO4/c1-17-12(16)9-10(15)8(14)6-7-11(9)18-5-4-13(7)2-3-13/h6,15H,2-5H2,1H3. The summed E-state index contributed by atoms with van der Waals surface area (Å²) >= 11 is 3.29. The van der Waals surface area contributed by atoms with E-state index < -0.39 is 5.97 Å². The number of carbonyl (C=O) groups is 1. The van der Waals surface area contributed by atoms with Gasteiger partial charge < -0.3 is 14.6 Å². The molecule has 18 heavy (non-hydrogen) atoms. The molecule has 4 nitrogen and oxygen atoms in total. The number of hydrogen-bond acceptors (Lipinski definition) is 4. The second-order valence-electron chi connectivity index (χ2n) is 4.83. The van der Waals surface area contributed by atoms with Gasteiger partial charge in [-0.3, -0.25) is 0 Å². The van der Waals surface area contributed by atoms with E-state index in [1.165, 1.54) is 7.11 Å². The van der Waals surface area contributed by atoms with Crippen LogP contribution >= 0.6 is 15.9 Å². The lowest BCUT2D eigenvalue weighted by molar-refractivity contribution is 0.0590. The molecule has 0 unspecified atom stereocenters. The molecule has 96 valence electrons. The highest BCUT2D eigenvalue weighted by molar-refractivity contribution is 9.10. The van der Waals surface area contributed by atoms with Crippen LogP contribution in [0.1, 0.15) is 35.2 Å². The highest BCUT2D eigenvalue weighted by atomic mass is 79.9. The molecule has 1 saturated carbocycles. The molecule has 1 aromatic carbocycles. The summed E-state index contributed by atoms with van der Waals surface area (Å²) in [5.41, 5.74) is 1.29. The van der Waals surface area contributed by atoms with Gasteiger partial charge in [-0.05, 0) is 41.3 Å². The largest absolute Gasteiger partial charge is 0.506 e. The van der Waals surface area contributed by atoms with Crippen molar-refractivity contribution in [2.75, 3.05) is 13.7 Å². The molecule has 5 heteroatoms. The van der Waals surface area contributed by atoms with Gasteiger partial charge in [0.1, 0.15) is 17.1 Å². The predicted octanol–water partition coefficient (Wildman–Crippen LogP) is 2.76. The first-order valence-electron chi connectivity index (χ1n) is 5.86. The number of fused-ring (bicyclic) bond motifs is 2. The quantitative estimate of drug-likeness (QED) is 0.810. The molecule has 0 saturated heterocycles. The number of hydrogen-bond donors (Lipinski definition) is 1. The Balaban J connectivity index is 2.25. The fourth-order valence-electron chi connectivity index (χ4n) is 2.61. The van der Waals surface area contributed by atoms with E-state index in [1.807, 2.05) is 6.07 Å². The van der Waals surface area contributed by atoms with E-state index in [0.29, 0.717) is 16.8 Å². The van der Waals surface area contributed by atoms with Crippen LogP contribution in [-0.4, -0.2) is 24.8 Å². The number of benzene rings is 1. The highest BCUT2D eigenvalue weighted by Gasteiger charge is 2.49. The zero-order chi connectivity index (χ0) is 12.9. The van der Waals surface area contributed by atoms with Gasteiger partial charge in [-0.2, -0.15) is 0 Å². The Hall–Kier alpha value is -1.23. The highest BCUT2D eigenvalue weighted by Crippen LogP contribution is 2.58. The van der Waals surface area contributed by atoms with E-state index in [2.05, 4.69) is 15.9 Å². The van der Waals surface area contributed by atoms with Gasteiger partial charge in [-0.25, -0.2) is 4.79 Å². The van der Waals surface area contributed by atoms with Crippen molar-refractivity contribution in [3.8, 4) is 11.5 Å². The van der Waals surface area contributed by atoms with Crippen LogP contribution in [-0.2, 0) is 10.2 Å². The van der Waals surface area contributed by atoms with Crippen molar-refractivity contribution in [2.24, 2.45) is 0 Å². The molecule has 1 aliphatic heterocycles. The van der Waals surface area contributed by atoms with Gasteiger partial charge in [0.2, 0.25) is 0 Å². The molecule has 0 amide bonds. The van der Waals surface area contributed by atoms with Crippen LogP contribution in [0.4, 0.5) is 0 Å². The fraction of sp³-hybridized carbons (Fsp3) is 0.462. The van der Waals surface area contributed by atoms with Crippen molar-refractivity contribution in [1.29, 1.82) is 0 Å². The molecule has 0 bridgehead atoms. The Morgan fingerprint density at radius 2 is 2.22 bits per heavy atom. The molecule has 1 N–H and O–H groups in total. The van der Waals surface area contributed by atoms with E-state index in [1.54, 1.807) is 0 Å². The summed E-state index contributed by atoms with van der Waals surface area (Å²) < 4.78 is 10.8. The molecular formula is C13H13BrO4. The zero-order valence-corrected chi connectivity index (χ0v) is 11.5. The van der Waals surface area contributed by atoms with Gasteiger partial charge in [-0.15, -0.1) is 0 Å². The summed E-state index contributed by atoms with van der Waals surface area (Å²) in [5.74, 6) is -0.188. The van der Waals surface area contributed by atoms with Gasteiger partial charge in [0.05, 0.1) is 18.2 Å². The van der Waals surface area contributed by atoms with Gasteiger partial charge in [0.15, 0.2) is 0 Å². The molecule has 1 spiro atoms. The Bertz CT molecular complexity index is 534. The molecule has 1 heterocycles. The Labute approximate surface area is 113 Å². The molecule has 0 atom stereocenters. The van der Waals surface area contributed by atoms with Crippen LogP contribution in [0, 0.1) is 0 Å². The van der Waals surface area contributed by atoms with Gasteiger partial charge in [0.25, 0.3) is 0 Å². The number of carbonyl (C=O) groups excluding carboxylic acids is 1. The normalized spacial score (nSPS) is 19.0. The number of methoxy groups -OCH3 is 1. The van der Waals surface area contributed by atoms with Crippen molar-refractivity contribution in [3.63, 3.8) is 0 Å². The first kappa shape index (κ1) is 11.8.